The Hall–Kier alpha value is -0.110. The summed E-state index contributed by atoms with van der Waals surface area (Å²) >= 11 is 0. The van der Waals surface area contributed by atoms with Crippen molar-refractivity contribution in [3.05, 3.63) is 0 Å². The second-order valence-corrected chi connectivity index (χ2v) is 2.65. The van der Waals surface area contributed by atoms with Crippen LogP contribution in [0, 0.1) is 0 Å². The highest BCUT2D eigenvalue weighted by Crippen LogP contribution is 2.22. The second kappa shape index (κ2) is 3.16. The molecule has 0 radical (unpaired) electrons. The molecule has 1 aliphatic rings. The van der Waals surface area contributed by atoms with Crippen molar-refractivity contribution >= 4 is 0 Å². The number of halogens is 1. The Labute approximate surface area is 55.6 Å². The summed E-state index contributed by atoms with van der Waals surface area (Å²) in [6, 6.07) is 0.185. The molecule has 0 spiro atoms. The van der Waals surface area contributed by atoms with Crippen molar-refractivity contribution < 1.29 is 4.39 Å². The second-order valence-electron chi connectivity index (χ2n) is 2.65. The molecule has 2 atom stereocenters. The van der Waals surface area contributed by atoms with Gasteiger partial charge < -0.3 is 5.32 Å². The maximum Gasteiger partial charge on any atom is 0.115 e. The standard InChI is InChI=1S/C7H14FN/c1-2-5-9-7-4-3-6(7)8/h6-7,9H,2-5H2,1H3. The van der Waals surface area contributed by atoms with Gasteiger partial charge in [-0.1, -0.05) is 6.92 Å². The molecule has 9 heavy (non-hydrogen) atoms. The highest BCUT2D eigenvalue weighted by molar-refractivity contribution is 4.86. The molecular weight excluding hydrogens is 117 g/mol. The van der Waals surface area contributed by atoms with Crippen LogP contribution in [0.4, 0.5) is 4.39 Å². The predicted octanol–water partition coefficient (Wildman–Crippen LogP) is 1.49. The van der Waals surface area contributed by atoms with E-state index in [0.29, 0.717) is 0 Å². The van der Waals surface area contributed by atoms with Gasteiger partial charge in [0.15, 0.2) is 0 Å². The normalized spacial score (nSPS) is 34.0. The Kier molecular flexibility index (Phi) is 2.46. The molecule has 0 aromatic rings. The molecule has 0 saturated heterocycles. The third-order valence-electron chi connectivity index (χ3n) is 1.85. The van der Waals surface area contributed by atoms with Crippen molar-refractivity contribution in [3.8, 4) is 0 Å². The summed E-state index contributed by atoms with van der Waals surface area (Å²) in [5.74, 6) is 0. The van der Waals surface area contributed by atoms with Crippen molar-refractivity contribution in [2.24, 2.45) is 0 Å². The summed E-state index contributed by atoms with van der Waals surface area (Å²) in [6.45, 7) is 3.06. The molecule has 1 nitrogen and oxygen atoms in total. The van der Waals surface area contributed by atoms with Gasteiger partial charge in [-0.2, -0.15) is 0 Å². The van der Waals surface area contributed by atoms with Crippen LogP contribution >= 0.6 is 0 Å². The number of nitrogens with one attached hydrogen (secondary N) is 1. The minimum absolute atomic E-state index is 0.185. The van der Waals surface area contributed by atoms with E-state index in [9.17, 15) is 4.39 Å². The van der Waals surface area contributed by atoms with Crippen LogP contribution in [0.1, 0.15) is 26.2 Å². The largest absolute Gasteiger partial charge is 0.311 e. The Balaban J connectivity index is 1.99. The highest BCUT2D eigenvalue weighted by Gasteiger charge is 2.29. The Morgan fingerprint density at radius 3 is 2.67 bits per heavy atom. The lowest BCUT2D eigenvalue weighted by Crippen LogP contribution is -2.45. The van der Waals surface area contributed by atoms with E-state index in [-0.39, 0.29) is 6.04 Å². The zero-order valence-electron chi connectivity index (χ0n) is 5.86. The van der Waals surface area contributed by atoms with Gasteiger partial charge in [0.2, 0.25) is 0 Å². The van der Waals surface area contributed by atoms with Crippen LogP contribution < -0.4 is 5.32 Å². The van der Waals surface area contributed by atoms with E-state index in [1.807, 2.05) is 0 Å². The molecule has 54 valence electrons. The topological polar surface area (TPSA) is 12.0 Å². The summed E-state index contributed by atoms with van der Waals surface area (Å²) in [6.07, 6.45) is 2.34. The highest BCUT2D eigenvalue weighted by atomic mass is 19.1. The Bertz CT molecular complexity index is 85.0. The van der Waals surface area contributed by atoms with Crippen LogP contribution in [0.5, 0.6) is 0 Å². The lowest BCUT2D eigenvalue weighted by atomic mass is 9.91. The number of alkyl halides is 1. The van der Waals surface area contributed by atoms with Gasteiger partial charge in [0.05, 0.1) is 0 Å². The molecule has 0 aromatic carbocycles. The van der Waals surface area contributed by atoms with E-state index in [0.717, 1.165) is 25.8 Å². The average Bonchev–Trinajstić information content (AvgIpc) is 1.86. The fraction of sp³-hybridized carbons (Fsp3) is 1.00. The maximum atomic E-state index is 12.4. The monoisotopic (exact) mass is 131 g/mol. The molecular formula is C7H14FN. The molecule has 0 aromatic heterocycles. The first-order chi connectivity index (χ1) is 4.34. The maximum absolute atomic E-state index is 12.4. The molecule has 2 heteroatoms. The summed E-state index contributed by atoms with van der Waals surface area (Å²) < 4.78 is 12.4. The van der Waals surface area contributed by atoms with Gasteiger partial charge in [-0.05, 0) is 25.8 Å². The number of hydrogen-bond donors (Lipinski definition) is 1. The third kappa shape index (κ3) is 1.65. The number of hydrogen-bond acceptors (Lipinski definition) is 1. The van der Waals surface area contributed by atoms with Crippen LogP contribution in [0.3, 0.4) is 0 Å². The van der Waals surface area contributed by atoms with Gasteiger partial charge >= 0.3 is 0 Å². The van der Waals surface area contributed by atoms with E-state index in [2.05, 4.69) is 12.2 Å². The number of rotatable bonds is 3. The summed E-state index contributed by atoms with van der Waals surface area (Å²) in [4.78, 5) is 0. The van der Waals surface area contributed by atoms with E-state index in [1.54, 1.807) is 0 Å². The van der Waals surface area contributed by atoms with Crippen molar-refractivity contribution in [1.29, 1.82) is 0 Å². The van der Waals surface area contributed by atoms with Gasteiger partial charge in [0.25, 0.3) is 0 Å². The molecule has 2 unspecified atom stereocenters. The molecule has 0 aliphatic heterocycles. The molecule has 0 bridgehead atoms. The van der Waals surface area contributed by atoms with Crippen LogP contribution in [0.25, 0.3) is 0 Å². The van der Waals surface area contributed by atoms with E-state index >= 15 is 0 Å². The van der Waals surface area contributed by atoms with Crippen LogP contribution in [-0.2, 0) is 0 Å². The molecule has 0 heterocycles. The van der Waals surface area contributed by atoms with Crippen molar-refractivity contribution in [2.45, 2.75) is 38.4 Å². The first kappa shape index (κ1) is 7.00. The lowest BCUT2D eigenvalue weighted by molar-refractivity contribution is 0.143. The van der Waals surface area contributed by atoms with Crippen molar-refractivity contribution in [3.63, 3.8) is 0 Å². The van der Waals surface area contributed by atoms with Gasteiger partial charge in [-0.3, -0.25) is 0 Å². The quantitative estimate of drug-likeness (QED) is 0.612. The van der Waals surface area contributed by atoms with Gasteiger partial charge in [-0.15, -0.1) is 0 Å². The summed E-state index contributed by atoms with van der Waals surface area (Å²) in [5, 5.41) is 3.14. The van der Waals surface area contributed by atoms with Crippen molar-refractivity contribution in [1.82, 2.24) is 5.32 Å². The minimum Gasteiger partial charge on any atom is -0.311 e. The molecule has 1 N–H and O–H groups in total. The third-order valence-corrected chi connectivity index (χ3v) is 1.85. The summed E-state index contributed by atoms with van der Waals surface area (Å²) in [5.41, 5.74) is 0. The fourth-order valence-electron chi connectivity index (χ4n) is 1.02. The average molecular weight is 131 g/mol. The van der Waals surface area contributed by atoms with Crippen molar-refractivity contribution in [2.75, 3.05) is 6.54 Å². The smallest absolute Gasteiger partial charge is 0.115 e. The first-order valence-corrected chi connectivity index (χ1v) is 3.72. The SMILES string of the molecule is CCCNC1CCC1F. The van der Waals surface area contributed by atoms with Crippen LogP contribution in [-0.4, -0.2) is 18.8 Å². The zero-order valence-corrected chi connectivity index (χ0v) is 5.86. The predicted molar refractivity (Wildman–Crippen MR) is 36.2 cm³/mol. The minimum atomic E-state index is -0.559. The molecule has 1 fully saturated rings. The lowest BCUT2D eigenvalue weighted by Gasteiger charge is -2.31. The molecule has 0 amide bonds. The molecule has 1 aliphatic carbocycles. The molecule has 1 saturated carbocycles. The fourth-order valence-corrected chi connectivity index (χ4v) is 1.02. The van der Waals surface area contributed by atoms with Crippen LogP contribution in [0.15, 0.2) is 0 Å². The van der Waals surface area contributed by atoms with Crippen LogP contribution in [0.2, 0.25) is 0 Å². The van der Waals surface area contributed by atoms with E-state index < -0.39 is 6.17 Å². The van der Waals surface area contributed by atoms with E-state index in [4.69, 9.17) is 0 Å². The Morgan fingerprint density at radius 2 is 2.33 bits per heavy atom. The van der Waals surface area contributed by atoms with Gasteiger partial charge in [0, 0.05) is 6.04 Å². The van der Waals surface area contributed by atoms with Gasteiger partial charge in [0.1, 0.15) is 6.17 Å². The van der Waals surface area contributed by atoms with Gasteiger partial charge in [-0.25, -0.2) is 4.39 Å². The summed E-state index contributed by atoms with van der Waals surface area (Å²) in [7, 11) is 0. The first-order valence-electron chi connectivity index (χ1n) is 3.72. The molecule has 1 rings (SSSR count). The van der Waals surface area contributed by atoms with E-state index in [1.165, 1.54) is 0 Å². The Morgan fingerprint density at radius 1 is 1.56 bits per heavy atom. The zero-order chi connectivity index (χ0) is 6.69.